The number of nitrogens with two attached hydrogens (primary N) is 1. The van der Waals surface area contributed by atoms with Gasteiger partial charge in [0.1, 0.15) is 0 Å². The second kappa shape index (κ2) is 4.63. The molecule has 2 N–H and O–H groups in total. The molecule has 0 amide bonds. The van der Waals surface area contributed by atoms with Crippen molar-refractivity contribution in [3.8, 4) is 0 Å². The van der Waals surface area contributed by atoms with Crippen LogP contribution < -0.4 is 5.73 Å². The Kier molecular flexibility index (Phi) is 3.96. The van der Waals surface area contributed by atoms with Gasteiger partial charge in [0.2, 0.25) is 0 Å². The van der Waals surface area contributed by atoms with Crippen LogP contribution in [-0.4, -0.2) is 18.8 Å². The van der Waals surface area contributed by atoms with E-state index in [1.807, 2.05) is 0 Å². The van der Waals surface area contributed by atoms with Gasteiger partial charge in [0.05, 0.1) is 6.10 Å². The Morgan fingerprint density at radius 3 is 2.29 bits per heavy atom. The summed E-state index contributed by atoms with van der Waals surface area (Å²) < 4.78 is 5.96. The van der Waals surface area contributed by atoms with Gasteiger partial charge in [-0.1, -0.05) is 27.7 Å². The first-order valence-corrected chi connectivity index (χ1v) is 5.82. The van der Waals surface area contributed by atoms with Gasteiger partial charge in [-0.3, -0.25) is 0 Å². The van der Waals surface area contributed by atoms with Crippen LogP contribution in [0, 0.1) is 11.3 Å². The van der Waals surface area contributed by atoms with Crippen LogP contribution >= 0.6 is 0 Å². The molecule has 0 heterocycles. The average Bonchev–Trinajstić information content (AvgIpc) is 2.85. The average molecular weight is 199 g/mol. The molecule has 0 saturated heterocycles. The van der Waals surface area contributed by atoms with Gasteiger partial charge in [-0.05, 0) is 30.6 Å². The highest BCUT2D eigenvalue weighted by Crippen LogP contribution is 2.32. The van der Waals surface area contributed by atoms with Crippen molar-refractivity contribution >= 4 is 0 Å². The van der Waals surface area contributed by atoms with Crippen molar-refractivity contribution in [3.05, 3.63) is 0 Å². The van der Waals surface area contributed by atoms with Gasteiger partial charge in [-0.25, -0.2) is 0 Å². The van der Waals surface area contributed by atoms with Crippen LogP contribution in [0.5, 0.6) is 0 Å². The Labute approximate surface area is 88.2 Å². The molecule has 14 heavy (non-hydrogen) atoms. The minimum absolute atomic E-state index is 0.157. The van der Waals surface area contributed by atoms with Crippen molar-refractivity contribution in [1.82, 2.24) is 0 Å². The molecule has 2 atom stereocenters. The van der Waals surface area contributed by atoms with Gasteiger partial charge < -0.3 is 10.5 Å². The fourth-order valence-electron chi connectivity index (χ4n) is 1.75. The summed E-state index contributed by atoms with van der Waals surface area (Å²) in [6, 6.07) is 0.175. The molecule has 1 saturated carbocycles. The summed E-state index contributed by atoms with van der Waals surface area (Å²) in [5, 5.41) is 0. The minimum atomic E-state index is 0.157. The van der Waals surface area contributed by atoms with E-state index in [1.165, 1.54) is 12.8 Å². The van der Waals surface area contributed by atoms with E-state index in [0.29, 0.717) is 0 Å². The lowest BCUT2D eigenvalue weighted by Crippen LogP contribution is -2.45. The first kappa shape index (κ1) is 12.0. The Hall–Kier alpha value is -0.0800. The van der Waals surface area contributed by atoms with Crippen LogP contribution in [0.3, 0.4) is 0 Å². The highest BCUT2D eigenvalue weighted by molar-refractivity contribution is 4.84. The zero-order valence-electron chi connectivity index (χ0n) is 10.0. The highest BCUT2D eigenvalue weighted by atomic mass is 16.5. The molecule has 2 nitrogen and oxygen atoms in total. The molecular weight excluding hydrogens is 174 g/mol. The Morgan fingerprint density at radius 2 is 1.93 bits per heavy atom. The van der Waals surface area contributed by atoms with Crippen LogP contribution in [0.25, 0.3) is 0 Å². The maximum Gasteiger partial charge on any atom is 0.0774 e. The van der Waals surface area contributed by atoms with Crippen molar-refractivity contribution in [2.45, 2.75) is 59.1 Å². The molecule has 2 unspecified atom stereocenters. The monoisotopic (exact) mass is 199 g/mol. The minimum Gasteiger partial charge on any atom is -0.376 e. The van der Waals surface area contributed by atoms with Crippen LogP contribution in [-0.2, 0) is 4.74 Å². The fourth-order valence-corrected chi connectivity index (χ4v) is 1.75. The molecule has 1 rings (SSSR count). The molecule has 0 bridgehead atoms. The topological polar surface area (TPSA) is 35.2 Å². The molecule has 1 aliphatic rings. The van der Waals surface area contributed by atoms with E-state index >= 15 is 0 Å². The Morgan fingerprint density at radius 1 is 1.36 bits per heavy atom. The predicted molar refractivity (Wildman–Crippen MR) is 60.2 cm³/mol. The third-order valence-electron chi connectivity index (χ3n) is 2.92. The second-order valence-corrected chi connectivity index (χ2v) is 5.64. The molecule has 0 aromatic rings. The van der Waals surface area contributed by atoms with E-state index in [4.69, 9.17) is 10.5 Å². The van der Waals surface area contributed by atoms with Gasteiger partial charge >= 0.3 is 0 Å². The Bertz CT molecular complexity index is 170. The zero-order chi connectivity index (χ0) is 10.8. The molecule has 0 aliphatic heterocycles. The van der Waals surface area contributed by atoms with E-state index in [-0.39, 0.29) is 17.6 Å². The van der Waals surface area contributed by atoms with Crippen LogP contribution in [0.15, 0.2) is 0 Å². The van der Waals surface area contributed by atoms with Gasteiger partial charge in [0.15, 0.2) is 0 Å². The second-order valence-electron chi connectivity index (χ2n) is 5.64. The normalized spacial score (nSPS) is 22.1. The lowest BCUT2D eigenvalue weighted by molar-refractivity contribution is -0.0386. The standard InChI is InChI=1S/C12H25NO/c1-5-10(13)11(12(2,3)4)14-8-9-6-7-9/h9-11H,5-8,13H2,1-4H3. The van der Waals surface area contributed by atoms with Crippen molar-refractivity contribution < 1.29 is 4.74 Å². The molecule has 0 aromatic heterocycles. The molecule has 84 valence electrons. The number of hydrogen-bond donors (Lipinski definition) is 1. The summed E-state index contributed by atoms with van der Waals surface area (Å²) in [4.78, 5) is 0. The SMILES string of the molecule is CCC(N)C(OCC1CC1)C(C)(C)C. The molecule has 0 aromatic carbocycles. The van der Waals surface area contributed by atoms with Crippen molar-refractivity contribution in [2.24, 2.45) is 17.1 Å². The molecule has 1 fully saturated rings. The van der Waals surface area contributed by atoms with Crippen molar-refractivity contribution in [3.63, 3.8) is 0 Å². The zero-order valence-corrected chi connectivity index (χ0v) is 10.0. The predicted octanol–water partition coefficient (Wildman–Crippen LogP) is 2.57. The Balaban J connectivity index is 2.42. The summed E-state index contributed by atoms with van der Waals surface area (Å²) in [5.74, 6) is 0.823. The molecule has 2 heteroatoms. The first-order chi connectivity index (χ1) is 6.45. The summed E-state index contributed by atoms with van der Waals surface area (Å²) in [6.07, 6.45) is 3.89. The maximum atomic E-state index is 6.08. The van der Waals surface area contributed by atoms with Gasteiger partial charge in [-0.15, -0.1) is 0 Å². The van der Waals surface area contributed by atoms with Gasteiger partial charge in [-0.2, -0.15) is 0 Å². The smallest absolute Gasteiger partial charge is 0.0774 e. The third-order valence-corrected chi connectivity index (χ3v) is 2.92. The molecule has 0 radical (unpaired) electrons. The molecule has 1 aliphatic carbocycles. The molecular formula is C12H25NO. The fraction of sp³-hybridized carbons (Fsp3) is 1.00. The number of ether oxygens (including phenoxy) is 1. The summed E-state index contributed by atoms with van der Waals surface area (Å²) >= 11 is 0. The van der Waals surface area contributed by atoms with Crippen molar-refractivity contribution in [2.75, 3.05) is 6.61 Å². The van der Waals surface area contributed by atoms with Crippen LogP contribution in [0.4, 0.5) is 0 Å². The molecule has 0 spiro atoms. The largest absolute Gasteiger partial charge is 0.376 e. The number of hydrogen-bond acceptors (Lipinski definition) is 2. The first-order valence-electron chi connectivity index (χ1n) is 5.82. The van der Waals surface area contributed by atoms with E-state index in [1.54, 1.807) is 0 Å². The third kappa shape index (κ3) is 3.58. The highest BCUT2D eigenvalue weighted by Gasteiger charge is 2.32. The lowest BCUT2D eigenvalue weighted by Gasteiger charge is -2.34. The van der Waals surface area contributed by atoms with Crippen molar-refractivity contribution in [1.29, 1.82) is 0 Å². The van der Waals surface area contributed by atoms with Crippen LogP contribution in [0.2, 0.25) is 0 Å². The summed E-state index contributed by atoms with van der Waals surface area (Å²) in [5.41, 5.74) is 6.24. The van der Waals surface area contributed by atoms with E-state index in [9.17, 15) is 0 Å². The summed E-state index contributed by atoms with van der Waals surface area (Å²) in [6.45, 7) is 9.67. The van der Waals surface area contributed by atoms with E-state index in [2.05, 4.69) is 27.7 Å². The quantitative estimate of drug-likeness (QED) is 0.738. The van der Waals surface area contributed by atoms with Gasteiger partial charge in [0.25, 0.3) is 0 Å². The van der Waals surface area contributed by atoms with E-state index in [0.717, 1.165) is 18.9 Å². The lowest BCUT2D eigenvalue weighted by atomic mass is 9.84. The van der Waals surface area contributed by atoms with Crippen LogP contribution in [0.1, 0.15) is 47.0 Å². The maximum absolute atomic E-state index is 6.08. The number of rotatable bonds is 5. The van der Waals surface area contributed by atoms with Gasteiger partial charge in [0, 0.05) is 12.6 Å². The van der Waals surface area contributed by atoms with E-state index < -0.39 is 0 Å². The summed E-state index contributed by atoms with van der Waals surface area (Å²) in [7, 11) is 0.